The van der Waals surface area contributed by atoms with Crippen LogP contribution >= 0.6 is 0 Å². The Kier molecular flexibility index (Phi) is 4.35. The van der Waals surface area contributed by atoms with E-state index in [1.807, 2.05) is 0 Å². The minimum atomic E-state index is -0.340. The van der Waals surface area contributed by atoms with E-state index in [1.54, 1.807) is 0 Å². The van der Waals surface area contributed by atoms with Crippen LogP contribution in [0.1, 0.15) is 40.5 Å². The highest BCUT2D eigenvalue weighted by Gasteiger charge is 2.46. The molecule has 92 valence electrons. The van der Waals surface area contributed by atoms with Gasteiger partial charge in [-0.05, 0) is 53.5 Å². The van der Waals surface area contributed by atoms with Gasteiger partial charge in [-0.2, -0.15) is 5.26 Å². The number of nitrogens with one attached hydrogen (secondary N) is 1. The molecule has 0 aliphatic heterocycles. The van der Waals surface area contributed by atoms with E-state index in [-0.39, 0.29) is 5.54 Å². The summed E-state index contributed by atoms with van der Waals surface area (Å²) in [6.07, 6.45) is 2.39. The van der Waals surface area contributed by atoms with Crippen molar-refractivity contribution in [2.24, 2.45) is 5.92 Å². The van der Waals surface area contributed by atoms with Crippen molar-refractivity contribution in [2.75, 3.05) is 13.6 Å². The van der Waals surface area contributed by atoms with Crippen LogP contribution in [-0.4, -0.2) is 36.1 Å². The van der Waals surface area contributed by atoms with Gasteiger partial charge in [-0.15, -0.1) is 0 Å². The Morgan fingerprint density at radius 3 is 2.25 bits per heavy atom. The molecule has 1 fully saturated rings. The van der Waals surface area contributed by atoms with Gasteiger partial charge >= 0.3 is 0 Å². The fraction of sp³-hybridized carbons (Fsp3) is 0.923. The van der Waals surface area contributed by atoms with Crippen LogP contribution in [0.5, 0.6) is 0 Å². The van der Waals surface area contributed by atoms with Crippen molar-refractivity contribution in [3.8, 4) is 6.07 Å². The summed E-state index contributed by atoms with van der Waals surface area (Å²) in [5.41, 5.74) is -0.340. The van der Waals surface area contributed by atoms with Gasteiger partial charge in [-0.25, -0.2) is 0 Å². The number of nitriles is 1. The van der Waals surface area contributed by atoms with Gasteiger partial charge in [0.1, 0.15) is 5.54 Å². The van der Waals surface area contributed by atoms with Gasteiger partial charge in [-0.1, -0.05) is 0 Å². The zero-order valence-electron chi connectivity index (χ0n) is 11.2. The maximum absolute atomic E-state index is 9.53. The first-order valence-electron chi connectivity index (χ1n) is 6.30. The number of rotatable bonds is 6. The quantitative estimate of drug-likeness (QED) is 0.748. The molecule has 3 heteroatoms. The molecule has 1 aliphatic carbocycles. The fourth-order valence-electron chi connectivity index (χ4n) is 2.12. The Bertz CT molecular complexity index is 263. The van der Waals surface area contributed by atoms with Gasteiger partial charge in [0.2, 0.25) is 0 Å². The topological polar surface area (TPSA) is 39.1 Å². The molecule has 0 bridgehead atoms. The van der Waals surface area contributed by atoms with E-state index in [9.17, 15) is 5.26 Å². The van der Waals surface area contributed by atoms with Gasteiger partial charge in [0.05, 0.1) is 6.07 Å². The first-order valence-corrected chi connectivity index (χ1v) is 6.30. The Morgan fingerprint density at radius 2 is 1.94 bits per heavy atom. The van der Waals surface area contributed by atoms with Crippen molar-refractivity contribution < 1.29 is 0 Å². The van der Waals surface area contributed by atoms with Gasteiger partial charge in [0, 0.05) is 18.6 Å². The van der Waals surface area contributed by atoms with E-state index < -0.39 is 0 Å². The van der Waals surface area contributed by atoms with Crippen molar-refractivity contribution in [3.05, 3.63) is 0 Å². The molecule has 1 aliphatic rings. The molecule has 0 saturated heterocycles. The number of hydrogen-bond donors (Lipinski definition) is 1. The molecule has 16 heavy (non-hydrogen) atoms. The molecule has 1 N–H and O–H groups in total. The molecule has 1 atom stereocenters. The van der Waals surface area contributed by atoms with Crippen molar-refractivity contribution in [2.45, 2.75) is 58.2 Å². The first-order chi connectivity index (χ1) is 7.41. The third kappa shape index (κ3) is 3.20. The summed E-state index contributed by atoms with van der Waals surface area (Å²) in [4.78, 5) is 2.26. The smallest absolute Gasteiger partial charge is 0.122 e. The molecule has 0 amide bonds. The molecule has 0 aromatic rings. The highest BCUT2D eigenvalue weighted by molar-refractivity contribution is 5.17. The van der Waals surface area contributed by atoms with E-state index >= 15 is 0 Å². The molecule has 1 rings (SSSR count). The number of nitrogens with zero attached hydrogens (tertiary/aromatic N) is 2. The highest BCUT2D eigenvalue weighted by Crippen LogP contribution is 2.40. The standard InChI is InChI=1S/C13H25N3/c1-10(2)15-13(8-14,12-6-7-12)9-16(5)11(3)4/h10-12,15H,6-7,9H2,1-5H3. The predicted molar refractivity (Wildman–Crippen MR) is 67.1 cm³/mol. The van der Waals surface area contributed by atoms with Gasteiger partial charge < -0.3 is 4.90 Å². The van der Waals surface area contributed by atoms with Crippen LogP contribution in [0.2, 0.25) is 0 Å². The van der Waals surface area contributed by atoms with Crippen molar-refractivity contribution in [1.82, 2.24) is 10.2 Å². The fourth-order valence-corrected chi connectivity index (χ4v) is 2.12. The van der Waals surface area contributed by atoms with Crippen LogP contribution in [0.15, 0.2) is 0 Å². The normalized spacial score (nSPS) is 20.2. The Labute approximate surface area is 99.8 Å². The minimum absolute atomic E-state index is 0.340. The monoisotopic (exact) mass is 223 g/mol. The second-order valence-corrected chi connectivity index (χ2v) is 5.67. The lowest BCUT2D eigenvalue weighted by Gasteiger charge is -2.35. The van der Waals surface area contributed by atoms with E-state index in [0.717, 1.165) is 6.54 Å². The average Bonchev–Trinajstić information content (AvgIpc) is 2.98. The van der Waals surface area contributed by atoms with Gasteiger partial charge in [0.15, 0.2) is 0 Å². The molecule has 1 unspecified atom stereocenters. The summed E-state index contributed by atoms with van der Waals surface area (Å²) in [6.45, 7) is 9.40. The van der Waals surface area contributed by atoms with Gasteiger partial charge in [0.25, 0.3) is 0 Å². The third-order valence-electron chi connectivity index (χ3n) is 3.40. The molecule has 3 nitrogen and oxygen atoms in total. The Hall–Kier alpha value is -0.590. The van der Waals surface area contributed by atoms with Crippen LogP contribution in [0.3, 0.4) is 0 Å². The van der Waals surface area contributed by atoms with E-state index in [4.69, 9.17) is 0 Å². The zero-order chi connectivity index (χ0) is 12.3. The van der Waals surface area contributed by atoms with Crippen LogP contribution in [0, 0.1) is 17.2 Å². The van der Waals surface area contributed by atoms with E-state index in [1.165, 1.54) is 12.8 Å². The van der Waals surface area contributed by atoms with Crippen LogP contribution in [-0.2, 0) is 0 Å². The van der Waals surface area contributed by atoms with Crippen LogP contribution < -0.4 is 5.32 Å². The van der Waals surface area contributed by atoms with Crippen molar-refractivity contribution in [3.63, 3.8) is 0 Å². The SMILES string of the molecule is CC(C)NC(C#N)(CN(C)C(C)C)C1CC1. The van der Waals surface area contributed by atoms with Crippen LogP contribution in [0.25, 0.3) is 0 Å². The largest absolute Gasteiger partial charge is 0.301 e. The Balaban J connectivity index is 2.74. The molecular formula is C13H25N3. The maximum atomic E-state index is 9.53. The lowest BCUT2D eigenvalue weighted by molar-refractivity contribution is 0.187. The lowest BCUT2D eigenvalue weighted by Crippen LogP contribution is -2.56. The molecule has 0 aromatic heterocycles. The summed E-state index contributed by atoms with van der Waals surface area (Å²) in [5.74, 6) is 0.543. The highest BCUT2D eigenvalue weighted by atomic mass is 15.2. The third-order valence-corrected chi connectivity index (χ3v) is 3.40. The number of likely N-dealkylation sites (N-methyl/N-ethyl adjacent to an activating group) is 1. The van der Waals surface area contributed by atoms with Crippen molar-refractivity contribution in [1.29, 1.82) is 5.26 Å². The maximum Gasteiger partial charge on any atom is 0.122 e. The van der Waals surface area contributed by atoms with E-state index in [2.05, 4.69) is 51.0 Å². The number of hydrogen-bond acceptors (Lipinski definition) is 3. The summed E-state index contributed by atoms with van der Waals surface area (Å²) < 4.78 is 0. The second kappa shape index (κ2) is 5.16. The molecule has 0 aromatic carbocycles. The molecule has 0 radical (unpaired) electrons. The summed E-state index contributed by atoms with van der Waals surface area (Å²) >= 11 is 0. The molecule has 0 spiro atoms. The predicted octanol–water partition coefficient (Wildman–Crippen LogP) is 2.00. The zero-order valence-corrected chi connectivity index (χ0v) is 11.2. The first kappa shape index (κ1) is 13.5. The molecule has 1 saturated carbocycles. The summed E-state index contributed by atoms with van der Waals surface area (Å²) in [5, 5.41) is 13.0. The summed E-state index contributed by atoms with van der Waals surface area (Å²) in [6, 6.07) is 3.39. The minimum Gasteiger partial charge on any atom is -0.301 e. The Morgan fingerprint density at radius 1 is 1.38 bits per heavy atom. The van der Waals surface area contributed by atoms with Crippen molar-refractivity contribution >= 4 is 0 Å². The summed E-state index contributed by atoms with van der Waals surface area (Å²) in [7, 11) is 2.10. The van der Waals surface area contributed by atoms with E-state index in [0.29, 0.717) is 18.0 Å². The van der Waals surface area contributed by atoms with Gasteiger partial charge in [-0.3, -0.25) is 5.32 Å². The van der Waals surface area contributed by atoms with Crippen LogP contribution in [0.4, 0.5) is 0 Å². The molecular weight excluding hydrogens is 198 g/mol. The average molecular weight is 223 g/mol. The lowest BCUT2D eigenvalue weighted by atomic mass is 9.92. The molecule has 0 heterocycles. The second-order valence-electron chi connectivity index (χ2n) is 5.67.